The summed E-state index contributed by atoms with van der Waals surface area (Å²) in [5.41, 5.74) is 2.10. The van der Waals surface area contributed by atoms with Gasteiger partial charge in [0.15, 0.2) is 0 Å². The molecule has 0 bridgehead atoms. The molecule has 0 aliphatic carbocycles. The zero-order valence-corrected chi connectivity index (χ0v) is 16.8. The number of halogens is 4. The van der Waals surface area contributed by atoms with Crippen LogP contribution in [0.4, 0.5) is 24.5 Å². The van der Waals surface area contributed by atoms with Gasteiger partial charge in [0.2, 0.25) is 0 Å². The van der Waals surface area contributed by atoms with Crippen LogP contribution >= 0.6 is 22.9 Å². The normalized spacial score (nSPS) is 11.1. The number of nitro groups is 1. The number of anilines is 1. The van der Waals surface area contributed by atoms with Crippen LogP contribution in [-0.2, 0) is 12.8 Å². The highest BCUT2D eigenvalue weighted by Crippen LogP contribution is 2.34. The summed E-state index contributed by atoms with van der Waals surface area (Å²) < 4.78 is 43.8. The van der Waals surface area contributed by atoms with E-state index in [4.69, 9.17) is 16.3 Å². The van der Waals surface area contributed by atoms with E-state index in [1.165, 1.54) is 5.38 Å². The number of amides is 1. The Bertz CT molecular complexity index is 1110. The van der Waals surface area contributed by atoms with E-state index in [-0.39, 0.29) is 18.0 Å². The van der Waals surface area contributed by atoms with Gasteiger partial charge in [0.25, 0.3) is 11.6 Å². The van der Waals surface area contributed by atoms with Crippen LogP contribution in [-0.4, -0.2) is 15.8 Å². The molecule has 0 saturated heterocycles. The van der Waals surface area contributed by atoms with Crippen LogP contribution < -0.4 is 15.6 Å². The van der Waals surface area contributed by atoms with E-state index in [0.717, 1.165) is 17.4 Å². The van der Waals surface area contributed by atoms with Gasteiger partial charge in [-0.2, -0.15) is 13.2 Å². The van der Waals surface area contributed by atoms with Gasteiger partial charge in [-0.1, -0.05) is 11.6 Å². The summed E-state index contributed by atoms with van der Waals surface area (Å²) in [6.45, 7) is 0.0946. The maximum absolute atomic E-state index is 12.8. The molecule has 162 valence electrons. The molecule has 0 fully saturated rings. The zero-order valence-electron chi connectivity index (χ0n) is 15.3. The molecule has 0 unspecified atom stereocenters. The van der Waals surface area contributed by atoms with Crippen LogP contribution in [0.3, 0.4) is 0 Å². The van der Waals surface area contributed by atoms with Gasteiger partial charge in [-0.3, -0.25) is 25.8 Å². The van der Waals surface area contributed by atoms with Crippen molar-refractivity contribution in [2.75, 3.05) is 5.43 Å². The number of hydrogen-bond acceptors (Lipinski definition) is 7. The number of hydrogen-bond donors (Lipinski definition) is 2. The summed E-state index contributed by atoms with van der Waals surface area (Å²) in [7, 11) is 0. The second-order valence-electron chi connectivity index (χ2n) is 5.94. The summed E-state index contributed by atoms with van der Waals surface area (Å²) in [5.74, 6) is -0.176. The first kappa shape index (κ1) is 22.3. The first-order valence-electron chi connectivity index (χ1n) is 8.38. The fourth-order valence-electron chi connectivity index (χ4n) is 2.31. The Balaban J connectivity index is 1.62. The lowest BCUT2D eigenvalue weighted by atomic mass is 10.1. The number of rotatable bonds is 7. The Kier molecular flexibility index (Phi) is 6.61. The Morgan fingerprint density at radius 3 is 2.58 bits per heavy atom. The molecule has 0 atom stereocenters. The number of benzene rings is 2. The first-order valence-corrected chi connectivity index (χ1v) is 9.64. The van der Waals surface area contributed by atoms with Crippen molar-refractivity contribution in [3.63, 3.8) is 0 Å². The van der Waals surface area contributed by atoms with Gasteiger partial charge in [-0.25, -0.2) is 4.98 Å². The van der Waals surface area contributed by atoms with Crippen LogP contribution in [0, 0.1) is 10.1 Å². The Morgan fingerprint density at radius 1 is 1.23 bits per heavy atom. The minimum absolute atomic E-state index is 0.00164. The highest BCUT2D eigenvalue weighted by atomic mass is 35.5. The van der Waals surface area contributed by atoms with Gasteiger partial charge in [0.1, 0.15) is 28.7 Å². The standard InChI is InChI=1S/C18H12ClF3N4O4S/c19-11-2-4-12(5-3-11)30-8-16-23-14(9-31-16)17(27)25-24-13-6-1-10(18(20,21)22)7-15(13)26(28)29/h1-7,9,24H,8H2,(H,25,27). The van der Waals surface area contributed by atoms with Gasteiger partial charge in [-0.15, -0.1) is 11.3 Å². The predicted octanol–water partition coefficient (Wildman–Crippen LogP) is 5.06. The van der Waals surface area contributed by atoms with Crippen LogP contribution in [0.1, 0.15) is 21.1 Å². The molecule has 1 heterocycles. The molecule has 2 aromatic carbocycles. The summed E-state index contributed by atoms with van der Waals surface area (Å²) in [4.78, 5) is 26.4. The van der Waals surface area contributed by atoms with E-state index in [2.05, 4.69) is 15.8 Å². The molecule has 0 spiro atoms. The third-order valence-electron chi connectivity index (χ3n) is 3.79. The number of carbonyl (C=O) groups is 1. The second kappa shape index (κ2) is 9.18. The van der Waals surface area contributed by atoms with Crippen LogP contribution in [0.25, 0.3) is 0 Å². The maximum Gasteiger partial charge on any atom is 0.416 e. The molecule has 0 radical (unpaired) electrons. The number of ether oxygens (including phenoxy) is 1. The fourth-order valence-corrected chi connectivity index (χ4v) is 3.12. The number of aromatic nitrogens is 1. The number of nitro benzene ring substituents is 1. The lowest BCUT2D eigenvalue weighted by Gasteiger charge is -2.11. The third kappa shape index (κ3) is 5.83. The molecule has 3 aromatic rings. The van der Waals surface area contributed by atoms with Crippen molar-refractivity contribution < 1.29 is 27.6 Å². The van der Waals surface area contributed by atoms with Crippen molar-refractivity contribution in [3.8, 4) is 5.75 Å². The number of nitrogens with zero attached hydrogens (tertiary/aromatic N) is 2. The van der Waals surface area contributed by atoms with Gasteiger partial charge in [0.05, 0.1) is 10.5 Å². The molecule has 1 amide bonds. The minimum atomic E-state index is -4.74. The molecule has 31 heavy (non-hydrogen) atoms. The van der Waals surface area contributed by atoms with Gasteiger partial charge < -0.3 is 4.74 Å². The molecule has 1 aromatic heterocycles. The topological polar surface area (TPSA) is 106 Å². The Hall–Kier alpha value is -3.38. The molecule has 13 heteroatoms. The molecule has 0 aliphatic rings. The summed E-state index contributed by atoms with van der Waals surface area (Å²) in [6.07, 6.45) is -4.74. The molecule has 0 aliphatic heterocycles. The van der Waals surface area contributed by atoms with Crippen molar-refractivity contribution in [3.05, 3.63) is 79.2 Å². The van der Waals surface area contributed by atoms with E-state index < -0.39 is 28.3 Å². The highest BCUT2D eigenvalue weighted by molar-refractivity contribution is 7.09. The van der Waals surface area contributed by atoms with Crippen LogP contribution in [0.2, 0.25) is 5.02 Å². The van der Waals surface area contributed by atoms with Gasteiger partial charge >= 0.3 is 6.18 Å². The Morgan fingerprint density at radius 2 is 1.94 bits per heavy atom. The maximum atomic E-state index is 12.8. The first-order chi connectivity index (χ1) is 14.6. The van der Waals surface area contributed by atoms with E-state index in [9.17, 15) is 28.1 Å². The molecule has 2 N–H and O–H groups in total. The number of hydrazine groups is 1. The minimum Gasteiger partial charge on any atom is -0.486 e. The lowest BCUT2D eigenvalue weighted by Crippen LogP contribution is -2.30. The van der Waals surface area contributed by atoms with E-state index in [0.29, 0.717) is 27.9 Å². The van der Waals surface area contributed by atoms with Gasteiger partial charge in [0, 0.05) is 16.5 Å². The van der Waals surface area contributed by atoms with Gasteiger partial charge in [-0.05, 0) is 36.4 Å². The van der Waals surface area contributed by atoms with Crippen LogP contribution in [0.5, 0.6) is 5.75 Å². The van der Waals surface area contributed by atoms with Crippen molar-refractivity contribution >= 4 is 40.2 Å². The average Bonchev–Trinajstić information content (AvgIpc) is 3.20. The molecule has 3 rings (SSSR count). The largest absolute Gasteiger partial charge is 0.486 e. The molecular formula is C18H12ClF3N4O4S. The summed E-state index contributed by atoms with van der Waals surface area (Å²) in [5, 5.41) is 13.6. The molecule has 8 nitrogen and oxygen atoms in total. The number of alkyl halides is 3. The fraction of sp³-hybridized carbons (Fsp3) is 0.111. The second-order valence-corrected chi connectivity index (χ2v) is 7.31. The summed E-state index contributed by atoms with van der Waals surface area (Å²) in [6, 6.07) is 8.55. The van der Waals surface area contributed by atoms with Crippen molar-refractivity contribution in [1.82, 2.24) is 10.4 Å². The van der Waals surface area contributed by atoms with E-state index in [1.54, 1.807) is 24.3 Å². The molecular weight excluding hydrogens is 461 g/mol. The quantitative estimate of drug-likeness (QED) is 0.368. The predicted molar refractivity (Wildman–Crippen MR) is 107 cm³/mol. The lowest BCUT2D eigenvalue weighted by molar-refractivity contribution is -0.384. The summed E-state index contributed by atoms with van der Waals surface area (Å²) >= 11 is 6.94. The van der Waals surface area contributed by atoms with E-state index >= 15 is 0 Å². The Labute approximate surface area is 181 Å². The highest BCUT2D eigenvalue weighted by Gasteiger charge is 2.33. The number of carbonyl (C=O) groups excluding carboxylic acids is 1. The van der Waals surface area contributed by atoms with Crippen molar-refractivity contribution in [2.45, 2.75) is 12.8 Å². The number of thiazole rings is 1. The molecule has 0 saturated carbocycles. The SMILES string of the molecule is O=C(NNc1ccc(C(F)(F)F)cc1[N+](=O)[O-])c1csc(COc2ccc(Cl)cc2)n1. The monoisotopic (exact) mass is 472 g/mol. The van der Waals surface area contributed by atoms with Crippen molar-refractivity contribution in [2.24, 2.45) is 0 Å². The smallest absolute Gasteiger partial charge is 0.416 e. The van der Waals surface area contributed by atoms with Crippen molar-refractivity contribution in [1.29, 1.82) is 0 Å². The zero-order chi connectivity index (χ0) is 22.6. The number of nitrogens with one attached hydrogen (secondary N) is 2. The van der Waals surface area contributed by atoms with E-state index in [1.807, 2.05) is 0 Å². The van der Waals surface area contributed by atoms with Crippen LogP contribution in [0.15, 0.2) is 47.8 Å². The third-order valence-corrected chi connectivity index (χ3v) is 4.87. The average molecular weight is 473 g/mol.